The third-order valence-corrected chi connectivity index (χ3v) is 5.27. The van der Waals surface area contributed by atoms with Crippen molar-refractivity contribution in [1.82, 2.24) is 20.2 Å². The number of nitrogens with one attached hydrogen (secondary N) is 1. The van der Waals surface area contributed by atoms with Crippen LogP contribution in [0.15, 0.2) is 41.7 Å². The number of nitrogens with zero attached hydrogens (tertiary/aromatic N) is 5. The van der Waals surface area contributed by atoms with Gasteiger partial charge in [0.1, 0.15) is 12.1 Å². The Balaban J connectivity index is 1.49. The number of hydrogen-bond acceptors (Lipinski definition) is 7. The van der Waals surface area contributed by atoms with Crippen LogP contribution in [0.3, 0.4) is 0 Å². The summed E-state index contributed by atoms with van der Waals surface area (Å²) in [6.07, 6.45) is 3.28. The molecule has 1 fully saturated rings. The Morgan fingerprint density at radius 1 is 1.00 bits per heavy atom. The lowest BCUT2D eigenvalue weighted by molar-refractivity contribution is 0.597. The first-order valence-corrected chi connectivity index (χ1v) is 9.34. The fourth-order valence-electron chi connectivity index (χ4n) is 3.03. The largest absolute Gasteiger partial charge is 0.368 e. The standard InChI is InChI=1S/C15H17N7O2S/c16-25(23,24)12-3-1-11(2-4-12)21-5-7-22(8-6-21)15-13-9-19-20-14(13)17-10-18-15/h1-4,9-10H,5-8H2,(H2,16,23,24)(H,17,18,19,20). The van der Waals surface area contributed by atoms with E-state index in [2.05, 4.69) is 30.0 Å². The van der Waals surface area contributed by atoms with E-state index >= 15 is 0 Å². The molecule has 130 valence electrons. The van der Waals surface area contributed by atoms with Crippen LogP contribution in [-0.2, 0) is 10.0 Å². The molecule has 3 N–H and O–H groups in total. The van der Waals surface area contributed by atoms with E-state index in [4.69, 9.17) is 5.14 Å². The highest BCUT2D eigenvalue weighted by atomic mass is 32.2. The normalized spacial score (nSPS) is 15.7. The van der Waals surface area contributed by atoms with Crippen LogP contribution in [0, 0.1) is 0 Å². The molecule has 0 atom stereocenters. The summed E-state index contributed by atoms with van der Waals surface area (Å²) in [7, 11) is -3.66. The van der Waals surface area contributed by atoms with Crippen molar-refractivity contribution < 1.29 is 8.42 Å². The van der Waals surface area contributed by atoms with Crippen LogP contribution >= 0.6 is 0 Å². The Hall–Kier alpha value is -2.72. The molecule has 0 bridgehead atoms. The predicted octanol–water partition coefficient (Wildman–Crippen LogP) is 0.327. The van der Waals surface area contributed by atoms with Crippen molar-refractivity contribution in [2.24, 2.45) is 5.14 Å². The second kappa shape index (κ2) is 5.97. The molecule has 9 nitrogen and oxygen atoms in total. The number of nitrogens with two attached hydrogens (primary N) is 1. The van der Waals surface area contributed by atoms with Gasteiger partial charge in [0, 0.05) is 31.9 Å². The fourth-order valence-corrected chi connectivity index (χ4v) is 3.54. The van der Waals surface area contributed by atoms with Gasteiger partial charge in [0.05, 0.1) is 16.5 Å². The summed E-state index contributed by atoms with van der Waals surface area (Å²) in [5.41, 5.74) is 1.70. The molecule has 4 rings (SSSR count). The van der Waals surface area contributed by atoms with E-state index in [0.29, 0.717) is 0 Å². The number of piperazine rings is 1. The number of aromatic nitrogens is 4. The molecule has 3 heterocycles. The molecule has 0 amide bonds. The molecular weight excluding hydrogens is 342 g/mol. The molecule has 1 aliphatic heterocycles. The first-order chi connectivity index (χ1) is 12.0. The maximum absolute atomic E-state index is 11.3. The van der Waals surface area contributed by atoms with Crippen molar-refractivity contribution in [3.8, 4) is 0 Å². The van der Waals surface area contributed by atoms with E-state index in [-0.39, 0.29) is 4.90 Å². The third kappa shape index (κ3) is 3.01. The second-order valence-electron chi connectivity index (χ2n) is 5.84. The van der Waals surface area contributed by atoms with Gasteiger partial charge in [-0.25, -0.2) is 23.5 Å². The molecule has 25 heavy (non-hydrogen) atoms. The van der Waals surface area contributed by atoms with Crippen molar-refractivity contribution in [2.45, 2.75) is 4.90 Å². The van der Waals surface area contributed by atoms with Crippen LogP contribution in [-0.4, -0.2) is 54.8 Å². The van der Waals surface area contributed by atoms with E-state index in [1.54, 1.807) is 18.3 Å². The van der Waals surface area contributed by atoms with Gasteiger partial charge < -0.3 is 9.80 Å². The van der Waals surface area contributed by atoms with Gasteiger partial charge in [-0.05, 0) is 24.3 Å². The summed E-state index contributed by atoms with van der Waals surface area (Å²) >= 11 is 0. The van der Waals surface area contributed by atoms with Crippen molar-refractivity contribution in [1.29, 1.82) is 0 Å². The number of H-pyrrole nitrogens is 1. The number of fused-ring (bicyclic) bond motifs is 1. The molecule has 2 aromatic heterocycles. The second-order valence-corrected chi connectivity index (χ2v) is 7.40. The molecular formula is C15H17N7O2S. The van der Waals surface area contributed by atoms with Gasteiger partial charge in [0.25, 0.3) is 0 Å². The Kier molecular flexibility index (Phi) is 3.77. The lowest BCUT2D eigenvalue weighted by Gasteiger charge is -2.36. The minimum atomic E-state index is -3.66. The van der Waals surface area contributed by atoms with E-state index in [0.717, 1.165) is 48.7 Å². The SMILES string of the molecule is NS(=O)(=O)c1ccc(N2CCN(c3ncnc4[nH]ncc34)CC2)cc1. The maximum atomic E-state index is 11.3. The fraction of sp³-hybridized carbons (Fsp3) is 0.267. The average molecular weight is 359 g/mol. The highest BCUT2D eigenvalue weighted by molar-refractivity contribution is 7.89. The van der Waals surface area contributed by atoms with Crippen LogP contribution in [0.5, 0.6) is 0 Å². The number of rotatable bonds is 3. The lowest BCUT2D eigenvalue weighted by atomic mass is 10.2. The lowest BCUT2D eigenvalue weighted by Crippen LogP contribution is -2.46. The van der Waals surface area contributed by atoms with E-state index in [1.807, 2.05) is 0 Å². The predicted molar refractivity (Wildman–Crippen MR) is 93.9 cm³/mol. The smallest absolute Gasteiger partial charge is 0.238 e. The summed E-state index contributed by atoms with van der Waals surface area (Å²) in [4.78, 5) is 13.1. The number of hydrogen-bond donors (Lipinski definition) is 2. The van der Waals surface area contributed by atoms with Crippen LogP contribution in [0.1, 0.15) is 0 Å². The molecule has 1 aromatic carbocycles. The molecule has 10 heteroatoms. The molecule has 1 saturated heterocycles. The first kappa shape index (κ1) is 15.8. The quantitative estimate of drug-likeness (QED) is 0.691. The zero-order chi connectivity index (χ0) is 17.4. The zero-order valence-electron chi connectivity index (χ0n) is 13.3. The summed E-state index contributed by atoms with van der Waals surface area (Å²) in [5, 5.41) is 12.9. The molecule has 1 aliphatic rings. The van der Waals surface area contributed by atoms with E-state index in [1.165, 1.54) is 18.5 Å². The third-order valence-electron chi connectivity index (χ3n) is 4.34. The Labute approximate surface area is 144 Å². The van der Waals surface area contributed by atoms with Gasteiger partial charge in [-0.3, -0.25) is 5.10 Å². The molecule has 0 unspecified atom stereocenters. The molecule has 3 aromatic rings. The summed E-state index contributed by atoms with van der Waals surface area (Å²) in [6, 6.07) is 6.65. The van der Waals surface area contributed by atoms with Crippen molar-refractivity contribution in [3.63, 3.8) is 0 Å². The van der Waals surface area contributed by atoms with Gasteiger partial charge >= 0.3 is 0 Å². The molecule has 0 radical (unpaired) electrons. The van der Waals surface area contributed by atoms with Crippen molar-refractivity contribution >= 4 is 32.6 Å². The van der Waals surface area contributed by atoms with Crippen LogP contribution in [0.25, 0.3) is 11.0 Å². The van der Waals surface area contributed by atoms with Crippen molar-refractivity contribution in [3.05, 3.63) is 36.8 Å². The highest BCUT2D eigenvalue weighted by Gasteiger charge is 2.21. The minimum Gasteiger partial charge on any atom is -0.368 e. The topological polar surface area (TPSA) is 121 Å². The van der Waals surface area contributed by atoms with Gasteiger partial charge in [0.15, 0.2) is 5.65 Å². The molecule has 0 spiro atoms. The number of primary sulfonamides is 1. The van der Waals surface area contributed by atoms with Gasteiger partial charge in [-0.15, -0.1) is 0 Å². The number of aromatic amines is 1. The summed E-state index contributed by atoms with van der Waals surface area (Å²) in [5.74, 6) is 0.878. The van der Waals surface area contributed by atoms with Gasteiger partial charge in [0.2, 0.25) is 10.0 Å². The molecule has 0 saturated carbocycles. The van der Waals surface area contributed by atoms with E-state index in [9.17, 15) is 8.42 Å². The Morgan fingerprint density at radius 2 is 1.68 bits per heavy atom. The number of sulfonamides is 1. The molecule has 0 aliphatic carbocycles. The number of anilines is 2. The van der Waals surface area contributed by atoms with Gasteiger partial charge in [-0.1, -0.05) is 0 Å². The van der Waals surface area contributed by atoms with Crippen LogP contribution in [0.4, 0.5) is 11.5 Å². The van der Waals surface area contributed by atoms with Gasteiger partial charge in [-0.2, -0.15) is 5.10 Å². The maximum Gasteiger partial charge on any atom is 0.238 e. The highest BCUT2D eigenvalue weighted by Crippen LogP contribution is 2.24. The zero-order valence-corrected chi connectivity index (χ0v) is 14.1. The number of benzene rings is 1. The Morgan fingerprint density at radius 3 is 2.36 bits per heavy atom. The summed E-state index contributed by atoms with van der Waals surface area (Å²) in [6.45, 7) is 3.21. The summed E-state index contributed by atoms with van der Waals surface area (Å²) < 4.78 is 22.7. The van der Waals surface area contributed by atoms with Crippen LogP contribution < -0.4 is 14.9 Å². The average Bonchev–Trinajstić information content (AvgIpc) is 3.10. The minimum absolute atomic E-state index is 0.123. The Bertz CT molecular complexity index is 992. The van der Waals surface area contributed by atoms with Crippen LogP contribution in [0.2, 0.25) is 0 Å². The first-order valence-electron chi connectivity index (χ1n) is 7.79. The van der Waals surface area contributed by atoms with E-state index < -0.39 is 10.0 Å². The van der Waals surface area contributed by atoms with Crippen molar-refractivity contribution in [2.75, 3.05) is 36.0 Å². The monoisotopic (exact) mass is 359 g/mol.